The fraction of sp³-hybridized carbons (Fsp3) is 0.286. The summed E-state index contributed by atoms with van der Waals surface area (Å²) in [6.45, 7) is 5.74. The highest BCUT2D eigenvalue weighted by atomic mass is 16.2. The normalized spacial score (nSPS) is 11.4. The average molecular weight is 383 g/mol. The Morgan fingerprint density at radius 3 is 1.93 bits per heavy atom. The van der Waals surface area contributed by atoms with Gasteiger partial charge in [-0.15, -0.1) is 0 Å². The van der Waals surface area contributed by atoms with Crippen LogP contribution in [0.4, 0.5) is 17.1 Å². The molecular formula is C21H27N4O3+. The van der Waals surface area contributed by atoms with Gasteiger partial charge in [-0.25, -0.2) is 0 Å². The lowest BCUT2D eigenvalue weighted by Crippen LogP contribution is -3.11. The van der Waals surface area contributed by atoms with Crippen LogP contribution in [-0.4, -0.2) is 37.9 Å². The second kappa shape index (κ2) is 9.66. The minimum absolute atomic E-state index is 0.140. The number of benzene rings is 2. The maximum Gasteiger partial charge on any atom is 0.279 e. The molecule has 0 heterocycles. The summed E-state index contributed by atoms with van der Waals surface area (Å²) >= 11 is 0. The number of carbonyl (C=O) groups is 3. The van der Waals surface area contributed by atoms with E-state index in [1.165, 1.54) is 6.92 Å². The van der Waals surface area contributed by atoms with Gasteiger partial charge in [-0.05, 0) is 55.3 Å². The molecule has 7 nitrogen and oxygen atoms in total. The summed E-state index contributed by atoms with van der Waals surface area (Å²) in [7, 11) is 1.79. The van der Waals surface area contributed by atoms with E-state index in [1.807, 2.05) is 32.0 Å². The summed E-state index contributed by atoms with van der Waals surface area (Å²) < 4.78 is 0. The Morgan fingerprint density at radius 1 is 0.821 bits per heavy atom. The molecule has 3 amide bonds. The third kappa shape index (κ3) is 6.51. The van der Waals surface area contributed by atoms with Crippen molar-refractivity contribution in [3.05, 3.63) is 53.6 Å². The quantitative estimate of drug-likeness (QED) is 0.582. The number of anilines is 3. The van der Waals surface area contributed by atoms with Crippen molar-refractivity contribution in [2.24, 2.45) is 0 Å². The first-order valence-electron chi connectivity index (χ1n) is 9.09. The van der Waals surface area contributed by atoms with Crippen molar-refractivity contribution in [2.45, 2.75) is 20.8 Å². The van der Waals surface area contributed by atoms with Gasteiger partial charge in [0, 0.05) is 24.0 Å². The first-order chi connectivity index (χ1) is 13.2. The van der Waals surface area contributed by atoms with Gasteiger partial charge in [-0.3, -0.25) is 14.4 Å². The van der Waals surface area contributed by atoms with Crippen LogP contribution in [0, 0.1) is 13.8 Å². The molecule has 2 rings (SSSR count). The second-order valence-electron chi connectivity index (χ2n) is 6.91. The molecule has 0 bridgehead atoms. The molecule has 1 unspecified atom stereocenters. The summed E-state index contributed by atoms with van der Waals surface area (Å²) in [5.41, 5.74) is 4.24. The van der Waals surface area contributed by atoms with E-state index in [0.29, 0.717) is 11.4 Å². The predicted octanol–water partition coefficient (Wildman–Crippen LogP) is 1.35. The van der Waals surface area contributed by atoms with E-state index in [2.05, 4.69) is 16.0 Å². The van der Waals surface area contributed by atoms with Gasteiger partial charge >= 0.3 is 0 Å². The first-order valence-corrected chi connectivity index (χ1v) is 9.09. The minimum atomic E-state index is -0.190. The number of quaternary nitrogens is 1. The van der Waals surface area contributed by atoms with Gasteiger partial charge in [0.05, 0.1) is 7.05 Å². The van der Waals surface area contributed by atoms with E-state index in [9.17, 15) is 14.4 Å². The molecule has 1 atom stereocenters. The molecule has 0 radical (unpaired) electrons. The third-order valence-corrected chi connectivity index (χ3v) is 4.29. The average Bonchev–Trinajstić information content (AvgIpc) is 2.60. The van der Waals surface area contributed by atoms with E-state index >= 15 is 0 Å². The largest absolute Gasteiger partial charge is 0.326 e. The molecule has 0 aromatic heterocycles. The molecule has 0 spiro atoms. The number of aryl methyl sites for hydroxylation is 1. The van der Waals surface area contributed by atoms with Crippen molar-refractivity contribution in [1.82, 2.24) is 0 Å². The van der Waals surface area contributed by atoms with Gasteiger partial charge in [-0.1, -0.05) is 12.1 Å². The van der Waals surface area contributed by atoms with E-state index in [-0.39, 0.29) is 30.8 Å². The molecule has 2 aromatic rings. The van der Waals surface area contributed by atoms with Crippen LogP contribution >= 0.6 is 0 Å². The van der Waals surface area contributed by atoms with E-state index in [1.54, 1.807) is 31.3 Å². The number of hydrogen-bond donors (Lipinski definition) is 4. The van der Waals surface area contributed by atoms with Crippen LogP contribution in [0.25, 0.3) is 0 Å². The van der Waals surface area contributed by atoms with Crippen LogP contribution in [0.15, 0.2) is 42.5 Å². The van der Waals surface area contributed by atoms with Crippen molar-refractivity contribution >= 4 is 34.8 Å². The SMILES string of the molecule is CC(=O)Nc1ccc(NC(=O)C[NH+](C)CC(=O)Nc2cccc(C)c2C)cc1. The number of amides is 3. The van der Waals surface area contributed by atoms with Crippen LogP contribution in [0.3, 0.4) is 0 Å². The predicted molar refractivity (Wildman–Crippen MR) is 111 cm³/mol. The van der Waals surface area contributed by atoms with Crippen LogP contribution in [0.2, 0.25) is 0 Å². The van der Waals surface area contributed by atoms with E-state index in [4.69, 9.17) is 0 Å². The maximum absolute atomic E-state index is 12.3. The maximum atomic E-state index is 12.3. The standard InChI is InChI=1S/C21H26N4O3/c1-14-6-5-7-19(15(14)2)24-21(28)13-25(4)12-20(27)23-18-10-8-17(9-11-18)22-16(3)26/h5-11H,12-13H2,1-4H3,(H,22,26)(H,23,27)(H,24,28)/p+1. The van der Waals surface area contributed by atoms with Crippen molar-refractivity contribution in [1.29, 1.82) is 0 Å². The lowest BCUT2D eigenvalue weighted by Gasteiger charge is -2.15. The summed E-state index contributed by atoms with van der Waals surface area (Å²) in [5, 5.41) is 8.36. The molecule has 0 aliphatic heterocycles. The fourth-order valence-electron chi connectivity index (χ4n) is 2.74. The minimum Gasteiger partial charge on any atom is -0.326 e. The summed E-state index contributed by atoms with van der Waals surface area (Å²) in [5.74, 6) is -0.482. The number of carbonyl (C=O) groups excluding carboxylic acids is 3. The third-order valence-electron chi connectivity index (χ3n) is 4.29. The zero-order valence-electron chi connectivity index (χ0n) is 16.7. The van der Waals surface area contributed by atoms with Gasteiger partial charge in [0.2, 0.25) is 5.91 Å². The summed E-state index contributed by atoms with van der Waals surface area (Å²) in [6.07, 6.45) is 0. The Morgan fingerprint density at radius 2 is 1.36 bits per heavy atom. The molecule has 28 heavy (non-hydrogen) atoms. The number of hydrogen-bond acceptors (Lipinski definition) is 3. The summed E-state index contributed by atoms with van der Waals surface area (Å²) in [4.78, 5) is 36.2. The molecule has 0 aliphatic carbocycles. The van der Waals surface area contributed by atoms with Crippen molar-refractivity contribution in [3.8, 4) is 0 Å². The van der Waals surface area contributed by atoms with Crippen LogP contribution < -0.4 is 20.9 Å². The van der Waals surface area contributed by atoms with E-state index in [0.717, 1.165) is 21.7 Å². The second-order valence-corrected chi connectivity index (χ2v) is 6.91. The molecule has 0 aliphatic rings. The van der Waals surface area contributed by atoms with Crippen LogP contribution in [0.1, 0.15) is 18.1 Å². The highest BCUT2D eigenvalue weighted by Crippen LogP contribution is 2.17. The Kier molecular flexibility index (Phi) is 7.28. The highest BCUT2D eigenvalue weighted by Gasteiger charge is 2.15. The van der Waals surface area contributed by atoms with Gasteiger partial charge < -0.3 is 20.9 Å². The van der Waals surface area contributed by atoms with Crippen molar-refractivity contribution < 1.29 is 19.3 Å². The Hall–Kier alpha value is -3.19. The molecule has 0 fully saturated rings. The van der Waals surface area contributed by atoms with Gasteiger partial charge in [0.1, 0.15) is 0 Å². The van der Waals surface area contributed by atoms with Crippen molar-refractivity contribution in [2.75, 3.05) is 36.1 Å². The van der Waals surface area contributed by atoms with Crippen LogP contribution in [-0.2, 0) is 14.4 Å². The lowest BCUT2D eigenvalue weighted by atomic mass is 10.1. The molecule has 2 aromatic carbocycles. The molecule has 4 N–H and O–H groups in total. The van der Waals surface area contributed by atoms with Gasteiger partial charge in [0.15, 0.2) is 13.1 Å². The number of nitrogens with one attached hydrogen (secondary N) is 4. The fourth-order valence-corrected chi connectivity index (χ4v) is 2.74. The van der Waals surface area contributed by atoms with Gasteiger partial charge in [0.25, 0.3) is 11.8 Å². The van der Waals surface area contributed by atoms with Gasteiger partial charge in [-0.2, -0.15) is 0 Å². The van der Waals surface area contributed by atoms with Crippen LogP contribution in [0.5, 0.6) is 0 Å². The lowest BCUT2D eigenvalue weighted by molar-refractivity contribution is -0.862. The Labute approximate surface area is 165 Å². The molecule has 0 saturated heterocycles. The number of rotatable bonds is 7. The highest BCUT2D eigenvalue weighted by molar-refractivity contribution is 5.94. The van der Waals surface area contributed by atoms with E-state index < -0.39 is 0 Å². The monoisotopic (exact) mass is 383 g/mol. The molecule has 148 valence electrons. The molecular weight excluding hydrogens is 356 g/mol. The summed E-state index contributed by atoms with van der Waals surface area (Å²) in [6, 6.07) is 12.6. The number of likely N-dealkylation sites (N-methyl/N-ethyl adjacent to an activating group) is 1. The molecule has 7 heteroatoms. The zero-order chi connectivity index (χ0) is 20.7. The Balaban J connectivity index is 1.82. The topological polar surface area (TPSA) is 91.7 Å². The molecule has 0 saturated carbocycles. The first kappa shape index (κ1) is 21.1. The zero-order valence-corrected chi connectivity index (χ0v) is 16.7. The smallest absolute Gasteiger partial charge is 0.279 e. The van der Waals surface area contributed by atoms with Crippen molar-refractivity contribution in [3.63, 3.8) is 0 Å². The Bertz CT molecular complexity index is 862.